The summed E-state index contributed by atoms with van der Waals surface area (Å²) in [5.74, 6) is 0.617. The van der Waals surface area contributed by atoms with Gasteiger partial charge >= 0.3 is 0 Å². The van der Waals surface area contributed by atoms with E-state index in [0.29, 0.717) is 22.9 Å². The van der Waals surface area contributed by atoms with Gasteiger partial charge in [-0.2, -0.15) is 0 Å². The van der Waals surface area contributed by atoms with Crippen LogP contribution in [0.2, 0.25) is 5.02 Å². The van der Waals surface area contributed by atoms with Crippen LogP contribution in [0, 0.1) is 11.2 Å². The van der Waals surface area contributed by atoms with E-state index in [1.54, 1.807) is 6.07 Å². The molecule has 6 nitrogen and oxygen atoms in total. The molecule has 1 saturated heterocycles. The largest absolute Gasteiger partial charge is 0.383 e. The zero-order valence-corrected chi connectivity index (χ0v) is 15.7. The first kappa shape index (κ1) is 18.0. The fourth-order valence-electron chi connectivity index (χ4n) is 2.85. The number of halogens is 3. The molecule has 0 spiro atoms. The van der Waals surface area contributed by atoms with Crippen LogP contribution in [0.15, 0.2) is 24.5 Å². The van der Waals surface area contributed by atoms with Gasteiger partial charge in [0, 0.05) is 37.7 Å². The SMILES string of the molecule is N=C(Br)c1c(N)ncnc1N1CCN(Cc2ccc(F)cc2Cl)CC1. The Morgan fingerprint density at radius 1 is 1.28 bits per heavy atom. The van der Waals surface area contributed by atoms with Gasteiger partial charge in [0.2, 0.25) is 0 Å². The lowest BCUT2D eigenvalue weighted by atomic mass is 10.2. The number of anilines is 2. The minimum atomic E-state index is -0.329. The maximum absolute atomic E-state index is 13.2. The Morgan fingerprint density at radius 2 is 2.00 bits per heavy atom. The van der Waals surface area contributed by atoms with Gasteiger partial charge in [0.1, 0.15) is 28.4 Å². The highest BCUT2D eigenvalue weighted by Gasteiger charge is 2.23. The van der Waals surface area contributed by atoms with Crippen molar-refractivity contribution in [3.63, 3.8) is 0 Å². The molecule has 0 unspecified atom stereocenters. The average molecular weight is 428 g/mol. The summed E-state index contributed by atoms with van der Waals surface area (Å²) in [6.45, 7) is 3.74. The molecule has 2 heterocycles. The predicted molar refractivity (Wildman–Crippen MR) is 101 cm³/mol. The molecule has 2 aromatic rings. The zero-order chi connectivity index (χ0) is 18.0. The Morgan fingerprint density at radius 3 is 2.64 bits per heavy atom. The van der Waals surface area contributed by atoms with Gasteiger partial charge in [0.05, 0.1) is 5.56 Å². The second kappa shape index (κ2) is 7.63. The van der Waals surface area contributed by atoms with Crippen LogP contribution in [0.1, 0.15) is 11.1 Å². The van der Waals surface area contributed by atoms with Crippen molar-refractivity contribution in [1.82, 2.24) is 14.9 Å². The summed E-state index contributed by atoms with van der Waals surface area (Å²) in [4.78, 5) is 12.6. The molecule has 1 aromatic heterocycles. The molecule has 0 aliphatic carbocycles. The number of benzene rings is 1. The van der Waals surface area contributed by atoms with E-state index in [2.05, 4.69) is 35.7 Å². The standard InChI is InChI=1S/C16H17BrClFN6/c17-14(20)13-15(21)22-9-23-16(13)25-5-3-24(4-6-25)8-10-1-2-11(19)7-12(10)18/h1-2,7,9,20H,3-6,8H2,(H2,21,22,23). The van der Waals surface area contributed by atoms with Gasteiger partial charge in [0.15, 0.2) is 0 Å². The maximum atomic E-state index is 13.2. The van der Waals surface area contributed by atoms with Gasteiger partial charge in [0.25, 0.3) is 0 Å². The average Bonchev–Trinajstić information content (AvgIpc) is 2.57. The normalized spacial score (nSPS) is 15.4. The van der Waals surface area contributed by atoms with Gasteiger partial charge in [-0.05, 0) is 33.6 Å². The Kier molecular flexibility index (Phi) is 5.51. The molecule has 25 heavy (non-hydrogen) atoms. The molecule has 0 saturated carbocycles. The predicted octanol–water partition coefficient (Wildman–Crippen LogP) is 2.89. The molecule has 0 atom stereocenters. The van der Waals surface area contributed by atoms with E-state index in [1.807, 2.05) is 0 Å². The lowest BCUT2D eigenvalue weighted by Gasteiger charge is -2.36. The van der Waals surface area contributed by atoms with Gasteiger partial charge < -0.3 is 10.6 Å². The van der Waals surface area contributed by atoms with E-state index < -0.39 is 0 Å². The zero-order valence-electron chi connectivity index (χ0n) is 13.3. The van der Waals surface area contributed by atoms with Crippen LogP contribution < -0.4 is 10.6 Å². The highest BCUT2D eigenvalue weighted by atomic mass is 79.9. The van der Waals surface area contributed by atoms with E-state index >= 15 is 0 Å². The fourth-order valence-corrected chi connectivity index (χ4v) is 3.46. The van der Waals surface area contributed by atoms with E-state index in [4.69, 9.17) is 22.7 Å². The quantitative estimate of drug-likeness (QED) is 0.733. The summed E-state index contributed by atoms with van der Waals surface area (Å²) in [5.41, 5.74) is 7.30. The topological polar surface area (TPSA) is 82.1 Å². The van der Waals surface area contributed by atoms with Crippen LogP contribution in [0.5, 0.6) is 0 Å². The van der Waals surface area contributed by atoms with E-state index in [-0.39, 0.29) is 16.3 Å². The Bertz CT molecular complexity index is 794. The summed E-state index contributed by atoms with van der Waals surface area (Å²) >= 11 is 9.27. The molecule has 0 bridgehead atoms. The fraction of sp³-hybridized carbons (Fsp3) is 0.312. The van der Waals surface area contributed by atoms with E-state index in [1.165, 1.54) is 18.5 Å². The first-order valence-electron chi connectivity index (χ1n) is 7.72. The van der Waals surface area contributed by atoms with Crippen LogP contribution in [-0.2, 0) is 6.54 Å². The summed E-state index contributed by atoms with van der Waals surface area (Å²) in [6.07, 6.45) is 1.41. The van der Waals surface area contributed by atoms with E-state index in [0.717, 1.165) is 31.7 Å². The lowest BCUT2D eigenvalue weighted by molar-refractivity contribution is 0.249. The highest BCUT2D eigenvalue weighted by molar-refractivity contribution is 9.18. The first-order valence-corrected chi connectivity index (χ1v) is 8.89. The number of nitrogens with one attached hydrogen (secondary N) is 1. The Labute approximate surface area is 158 Å². The number of aromatic nitrogens is 2. The highest BCUT2D eigenvalue weighted by Crippen LogP contribution is 2.26. The number of hydrogen-bond donors (Lipinski definition) is 2. The minimum absolute atomic E-state index is 0.168. The molecule has 3 rings (SSSR count). The number of hydrogen-bond acceptors (Lipinski definition) is 6. The molecule has 1 aromatic carbocycles. The van der Waals surface area contributed by atoms with Gasteiger partial charge in [-0.15, -0.1) is 0 Å². The third kappa shape index (κ3) is 4.08. The van der Waals surface area contributed by atoms with Crippen molar-refractivity contribution in [2.24, 2.45) is 0 Å². The van der Waals surface area contributed by atoms with Crippen LogP contribution >= 0.6 is 27.5 Å². The molecule has 1 aliphatic heterocycles. The molecule has 0 amide bonds. The number of nitrogens with zero attached hydrogens (tertiary/aromatic N) is 4. The Balaban J connectivity index is 1.68. The van der Waals surface area contributed by atoms with Crippen molar-refractivity contribution >= 4 is 43.8 Å². The summed E-state index contributed by atoms with van der Waals surface area (Å²) in [5, 5.41) is 8.28. The third-order valence-electron chi connectivity index (χ3n) is 4.16. The molecular formula is C16H17BrClFN6. The van der Waals surface area contributed by atoms with Crippen LogP contribution in [0.4, 0.5) is 16.0 Å². The van der Waals surface area contributed by atoms with Crippen molar-refractivity contribution in [2.45, 2.75) is 6.54 Å². The second-order valence-corrected chi connectivity index (χ2v) is 6.97. The molecule has 132 valence electrons. The molecule has 3 N–H and O–H groups in total. The second-order valence-electron chi connectivity index (χ2n) is 5.77. The van der Waals surface area contributed by atoms with Crippen molar-refractivity contribution in [3.8, 4) is 0 Å². The lowest BCUT2D eigenvalue weighted by Crippen LogP contribution is -2.46. The minimum Gasteiger partial charge on any atom is -0.383 e. The molecule has 9 heteroatoms. The van der Waals surface area contributed by atoms with Gasteiger partial charge in [-0.3, -0.25) is 10.3 Å². The smallest absolute Gasteiger partial charge is 0.144 e. The Hall–Kier alpha value is -1.77. The summed E-state index contributed by atoms with van der Waals surface area (Å²) in [7, 11) is 0. The number of nitrogen functional groups attached to an aromatic ring is 1. The van der Waals surface area contributed by atoms with Crippen molar-refractivity contribution < 1.29 is 4.39 Å². The van der Waals surface area contributed by atoms with E-state index in [9.17, 15) is 4.39 Å². The van der Waals surface area contributed by atoms with Gasteiger partial charge in [-0.1, -0.05) is 17.7 Å². The number of nitrogens with two attached hydrogens (primary N) is 1. The molecule has 1 fully saturated rings. The molecular weight excluding hydrogens is 411 g/mol. The summed E-state index contributed by atoms with van der Waals surface area (Å²) < 4.78 is 13.3. The van der Waals surface area contributed by atoms with Crippen LogP contribution in [0.25, 0.3) is 0 Å². The van der Waals surface area contributed by atoms with Crippen molar-refractivity contribution in [3.05, 3.63) is 46.5 Å². The first-order chi connectivity index (χ1) is 12.0. The monoisotopic (exact) mass is 426 g/mol. The van der Waals surface area contributed by atoms with Gasteiger partial charge in [-0.25, -0.2) is 14.4 Å². The molecule has 1 aliphatic rings. The van der Waals surface area contributed by atoms with Crippen LogP contribution in [0.3, 0.4) is 0 Å². The summed E-state index contributed by atoms with van der Waals surface area (Å²) in [6, 6.07) is 4.49. The molecule has 0 radical (unpaired) electrons. The van der Waals surface area contributed by atoms with Crippen molar-refractivity contribution in [2.75, 3.05) is 36.8 Å². The van der Waals surface area contributed by atoms with Crippen LogP contribution in [-0.4, -0.2) is 45.7 Å². The van der Waals surface area contributed by atoms with Crippen molar-refractivity contribution in [1.29, 1.82) is 5.41 Å². The third-order valence-corrected chi connectivity index (χ3v) is 4.91. The number of rotatable bonds is 4. The maximum Gasteiger partial charge on any atom is 0.144 e. The number of piperazine rings is 1.